The van der Waals surface area contributed by atoms with Crippen molar-refractivity contribution in [2.45, 2.75) is 52.4 Å². The zero-order valence-corrected chi connectivity index (χ0v) is 13.6. The maximum absolute atomic E-state index is 13.1. The van der Waals surface area contributed by atoms with Gasteiger partial charge in [-0.05, 0) is 38.9 Å². The van der Waals surface area contributed by atoms with Crippen LogP contribution in [0.4, 0.5) is 0 Å². The number of hydrogen-bond donors (Lipinski definition) is 0. The van der Waals surface area contributed by atoms with Gasteiger partial charge in [0.1, 0.15) is 0 Å². The molecule has 2 rings (SSSR count). The molecule has 0 heterocycles. The van der Waals surface area contributed by atoms with E-state index in [1.807, 2.05) is 30.3 Å². The molecule has 0 spiro atoms. The highest BCUT2D eigenvalue weighted by atomic mass is 16.1. The Kier molecular flexibility index (Phi) is 5.98. The Balaban J connectivity index is 2.14. The van der Waals surface area contributed by atoms with E-state index in [-0.39, 0.29) is 5.41 Å². The topological polar surface area (TPSA) is 20.3 Å². The number of hydrogen-bond acceptors (Lipinski definition) is 2. The van der Waals surface area contributed by atoms with Crippen LogP contribution in [0.5, 0.6) is 0 Å². The number of nitrogens with zero attached hydrogens (tertiary/aromatic N) is 1. The third-order valence-electron chi connectivity index (χ3n) is 5.13. The molecule has 0 saturated heterocycles. The first-order chi connectivity index (χ1) is 10.2. The molecule has 1 aromatic carbocycles. The van der Waals surface area contributed by atoms with Gasteiger partial charge >= 0.3 is 0 Å². The van der Waals surface area contributed by atoms with Gasteiger partial charge in [-0.1, -0.05) is 63.4 Å². The lowest BCUT2D eigenvalue weighted by molar-refractivity contribution is 0.0659. The molecule has 1 aliphatic carbocycles. The minimum atomic E-state index is -0.109. The Morgan fingerprint density at radius 1 is 1.05 bits per heavy atom. The second kappa shape index (κ2) is 7.74. The average molecular weight is 287 g/mol. The van der Waals surface area contributed by atoms with Gasteiger partial charge in [0.15, 0.2) is 5.78 Å². The monoisotopic (exact) mass is 287 g/mol. The molecule has 0 radical (unpaired) electrons. The highest BCUT2D eigenvalue weighted by Gasteiger charge is 2.39. The number of rotatable bonds is 7. The average Bonchev–Trinajstić information content (AvgIpc) is 2.57. The van der Waals surface area contributed by atoms with Gasteiger partial charge in [-0.25, -0.2) is 0 Å². The van der Waals surface area contributed by atoms with Gasteiger partial charge in [-0.15, -0.1) is 0 Å². The first-order valence-corrected chi connectivity index (χ1v) is 8.54. The smallest absolute Gasteiger partial charge is 0.169 e. The molecule has 1 aromatic rings. The van der Waals surface area contributed by atoms with Gasteiger partial charge in [0.05, 0.1) is 0 Å². The first kappa shape index (κ1) is 16.2. The predicted octanol–water partition coefficient (Wildman–Crippen LogP) is 4.55. The minimum absolute atomic E-state index is 0.109. The quantitative estimate of drug-likeness (QED) is 0.686. The number of carbonyl (C=O) groups excluding carboxylic acids is 1. The van der Waals surface area contributed by atoms with Gasteiger partial charge < -0.3 is 4.90 Å². The molecule has 0 atom stereocenters. The van der Waals surface area contributed by atoms with Crippen LogP contribution in [0.2, 0.25) is 0 Å². The van der Waals surface area contributed by atoms with E-state index < -0.39 is 0 Å². The summed E-state index contributed by atoms with van der Waals surface area (Å²) < 4.78 is 0. The number of ketones is 1. The van der Waals surface area contributed by atoms with E-state index in [9.17, 15) is 4.79 Å². The molecule has 116 valence electrons. The molecule has 0 aliphatic heterocycles. The summed E-state index contributed by atoms with van der Waals surface area (Å²) in [6, 6.07) is 9.91. The number of carbonyl (C=O) groups is 1. The summed E-state index contributed by atoms with van der Waals surface area (Å²) in [5.74, 6) is 0.384. The van der Waals surface area contributed by atoms with Crippen molar-refractivity contribution in [3.63, 3.8) is 0 Å². The SMILES string of the molecule is CCN(CC)CCC1(C(=O)c2ccccc2)CCCCC1. The summed E-state index contributed by atoms with van der Waals surface area (Å²) in [6.07, 6.45) is 6.86. The number of Topliss-reactive ketones (excluding diaryl/α,β-unsaturated/α-hetero) is 1. The zero-order chi connectivity index (χ0) is 15.1. The minimum Gasteiger partial charge on any atom is -0.304 e. The van der Waals surface area contributed by atoms with Crippen LogP contribution in [0.15, 0.2) is 30.3 Å². The Morgan fingerprint density at radius 3 is 2.24 bits per heavy atom. The van der Waals surface area contributed by atoms with Crippen molar-refractivity contribution >= 4 is 5.78 Å². The largest absolute Gasteiger partial charge is 0.304 e. The molecular weight excluding hydrogens is 258 g/mol. The van der Waals surface area contributed by atoms with Crippen molar-refractivity contribution in [1.29, 1.82) is 0 Å². The first-order valence-electron chi connectivity index (χ1n) is 8.54. The van der Waals surface area contributed by atoms with E-state index >= 15 is 0 Å². The lowest BCUT2D eigenvalue weighted by Gasteiger charge is -2.37. The molecule has 0 bridgehead atoms. The van der Waals surface area contributed by atoms with Crippen molar-refractivity contribution in [2.75, 3.05) is 19.6 Å². The fourth-order valence-corrected chi connectivity index (χ4v) is 3.63. The molecule has 1 fully saturated rings. The molecular formula is C19H29NO. The van der Waals surface area contributed by atoms with Crippen LogP contribution in [0, 0.1) is 5.41 Å². The van der Waals surface area contributed by atoms with Gasteiger partial charge in [-0.3, -0.25) is 4.79 Å². The van der Waals surface area contributed by atoms with Crippen LogP contribution in [0.1, 0.15) is 62.7 Å². The van der Waals surface area contributed by atoms with Crippen molar-refractivity contribution in [3.05, 3.63) is 35.9 Å². The van der Waals surface area contributed by atoms with Crippen LogP contribution in [-0.4, -0.2) is 30.3 Å². The third-order valence-corrected chi connectivity index (χ3v) is 5.13. The lowest BCUT2D eigenvalue weighted by atomic mass is 9.67. The predicted molar refractivity (Wildman–Crippen MR) is 88.7 cm³/mol. The van der Waals surface area contributed by atoms with E-state index in [0.717, 1.165) is 44.5 Å². The molecule has 21 heavy (non-hydrogen) atoms. The lowest BCUT2D eigenvalue weighted by Crippen LogP contribution is -2.38. The number of benzene rings is 1. The fraction of sp³-hybridized carbons (Fsp3) is 0.632. The maximum atomic E-state index is 13.1. The highest BCUT2D eigenvalue weighted by Crippen LogP contribution is 2.42. The van der Waals surface area contributed by atoms with E-state index in [0.29, 0.717) is 5.78 Å². The third kappa shape index (κ3) is 3.94. The molecule has 1 saturated carbocycles. The summed E-state index contributed by atoms with van der Waals surface area (Å²) in [7, 11) is 0. The van der Waals surface area contributed by atoms with Gasteiger partial charge in [0, 0.05) is 11.0 Å². The van der Waals surface area contributed by atoms with Crippen molar-refractivity contribution in [1.82, 2.24) is 4.90 Å². The molecule has 2 nitrogen and oxygen atoms in total. The van der Waals surface area contributed by atoms with Crippen LogP contribution < -0.4 is 0 Å². The van der Waals surface area contributed by atoms with E-state index in [1.54, 1.807) is 0 Å². The Hall–Kier alpha value is -1.15. The summed E-state index contributed by atoms with van der Waals surface area (Å²) in [5.41, 5.74) is 0.793. The standard InChI is InChI=1S/C19H29NO/c1-3-20(4-2)16-15-19(13-9-6-10-14-19)18(21)17-11-7-5-8-12-17/h5,7-8,11-12H,3-4,6,9-10,13-16H2,1-2H3. The Bertz CT molecular complexity index is 430. The van der Waals surface area contributed by atoms with Gasteiger partial charge in [0.25, 0.3) is 0 Å². The van der Waals surface area contributed by atoms with Crippen molar-refractivity contribution in [3.8, 4) is 0 Å². The second-order valence-corrected chi connectivity index (χ2v) is 6.31. The van der Waals surface area contributed by atoms with Crippen LogP contribution in [0.25, 0.3) is 0 Å². The summed E-state index contributed by atoms with van der Waals surface area (Å²) in [4.78, 5) is 15.5. The maximum Gasteiger partial charge on any atom is 0.169 e. The molecule has 0 amide bonds. The molecule has 0 unspecified atom stereocenters. The van der Waals surface area contributed by atoms with E-state index in [4.69, 9.17) is 0 Å². The Morgan fingerprint density at radius 2 is 1.67 bits per heavy atom. The fourth-order valence-electron chi connectivity index (χ4n) is 3.63. The van der Waals surface area contributed by atoms with Crippen molar-refractivity contribution < 1.29 is 4.79 Å². The van der Waals surface area contributed by atoms with E-state index in [2.05, 4.69) is 18.7 Å². The van der Waals surface area contributed by atoms with Crippen molar-refractivity contribution in [2.24, 2.45) is 5.41 Å². The highest BCUT2D eigenvalue weighted by molar-refractivity contribution is 6.00. The zero-order valence-electron chi connectivity index (χ0n) is 13.6. The van der Waals surface area contributed by atoms with Crippen LogP contribution in [0.3, 0.4) is 0 Å². The molecule has 2 heteroatoms. The second-order valence-electron chi connectivity index (χ2n) is 6.31. The van der Waals surface area contributed by atoms with Crippen LogP contribution >= 0.6 is 0 Å². The summed E-state index contributed by atoms with van der Waals surface area (Å²) in [5, 5.41) is 0. The van der Waals surface area contributed by atoms with E-state index in [1.165, 1.54) is 19.3 Å². The molecule has 0 aromatic heterocycles. The van der Waals surface area contributed by atoms with Gasteiger partial charge in [0.2, 0.25) is 0 Å². The molecule has 0 N–H and O–H groups in total. The van der Waals surface area contributed by atoms with Crippen LogP contribution in [-0.2, 0) is 0 Å². The summed E-state index contributed by atoms with van der Waals surface area (Å²) >= 11 is 0. The normalized spacial score (nSPS) is 17.9. The van der Waals surface area contributed by atoms with Gasteiger partial charge in [-0.2, -0.15) is 0 Å². The Labute approximate surface area is 129 Å². The molecule has 1 aliphatic rings. The summed E-state index contributed by atoms with van der Waals surface area (Å²) in [6.45, 7) is 7.61.